The summed E-state index contributed by atoms with van der Waals surface area (Å²) in [7, 11) is -1.40. The average Bonchev–Trinajstić information content (AvgIpc) is 3.43. The number of hydrogen-bond acceptors (Lipinski definition) is 5. The first-order valence-electron chi connectivity index (χ1n) is 9.56. The van der Waals surface area contributed by atoms with Crippen molar-refractivity contribution in [1.82, 2.24) is 24.5 Å². The van der Waals surface area contributed by atoms with Gasteiger partial charge in [0.2, 0.25) is 0 Å². The molecule has 2 aliphatic rings. The monoisotopic (exact) mass is 397 g/mol. The summed E-state index contributed by atoms with van der Waals surface area (Å²) in [5.41, 5.74) is 4.11. The van der Waals surface area contributed by atoms with E-state index in [1.54, 1.807) is 10.7 Å². The maximum absolute atomic E-state index is 13.1. The first kappa shape index (κ1) is 17.6. The second kappa shape index (κ2) is 6.28. The van der Waals surface area contributed by atoms with Crippen molar-refractivity contribution < 1.29 is 8.42 Å². The summed E-state index contributed by atoms with van der Waals surface area (Å²) in [6.07, 6.45) is 7.68. The van der Waals surface area contributed by atoms with E-state index in [1.165, 1.54) is 0 Å². The first-order chi connectivity index (χ1) is 13.5. The molecule has 0 spiro atoms. The predicted octanol–water partition coefficient (Wildman–Crippen LogP) is 2.06. The number of aromatic nitrogens is 4. The molecule has 2 aliphatic heterocycles. The molecule has 4 heterocycles. The highest BCUT2D eigenvalue weighted by Crippen LogP contribution is 2.46. The fourth-order valence-corrected chi connectivity index (χ4v) is 6.72. The lowest BCUT2D eigenvalue weighted by atomic mass is 9.95. The SMILES string of the molecule is CCn1cc(CN2C[C@@H]3c4cc(-c5cnn(C)c5)ccc4S(=O)(=O)[C@H]3C2)cn1. The maximum Gasteiger partial charge on any atom is 0.183 e. The van der Waals surface area contributed by atoms with E-state index < -0.39 is 9.84 Å². The molecule has 8 heteroatoms. The number of nitrogens with zero attached hydrogens (tertiary/aromatic N) is 5. The van der Waals surface area contributed by atoms with Crippen molar-refractivity contribution >= 4 is 9.84 Å². The van der Waals surface area contributed by atoms with Crippen molar-refractivity contribution in [3.8, 4) is 11.1 Å². The molecule has 7 nitrogen and oxygen atoms in total. The normalized spacial score (nSPS) is 23.1. The highest BCUT2D eigenvalue weighted by atomic mass is 32.2. The number of aryl methyl sites for hydroxylation is 2. The lowest BCUT2D eigenvalue weighted by Crippen LogP contribution is -2.25. The number of fused-ring (bicyclic) bond motifs is 3. The van der Waals surface area contributed by atoms with Crippen LogP contribution < -0.4 is 0 Å². The molecule has 0 unspecified atom stereocenters. The lowest BCUT2D eigenvalue weighted by Gasteiger charge is -2.16. The fourth-order valence-electron chi connectivity index (χ4n) is 4.52. The van der Waals surface area contributed by atoms with Gasteiger partial charge in [-0.1, -0.05) is 6.07 Å². The van der Waals surface area contributed by atoms with Gasteiger partial charge in [0, 0.05) is 62.7 Å². The Morgan fingerprint density at radius 1 is 1.11 bits per heavy atom. The van der Waals surface area contributed by atoms with Gasteiger partial charge in [0.1, 0.15) is 0 Å². The number of hydrogen-bond donors (Lipinski definition) is 0. The minimum absolute atomic E-state index is 0.0258. The Balaban J connectivity index is 1.45. The van der Waals surface area contributed by atoms with Crippen LogP contribution in [0.3, 0.4) is 0 Å². The highest BCUT2D eigenvalue weighted by Gasteiger charge is 2.50. The van der Waals surface area contributed by atoms with Crippen molar-refractivity contribution in [3.05, 3.63) is 54.1 Å². The average molecular weight is 398 g/mol. The fraction of sp³-hybridized carbons (Fsp3) is 0.400. The molecule has 0 radical (unpaired) electrons. The summed E-state index contributed by atoms with van der Waals surface area (Å²) in [5, 5.41) is 8.20. The van der Waals surface area contributed by atoms with E-state index in [-0.39, 0.29) is 11.2 Å². The second-order valence-corrected chi connectivity index (χ2v) is 9.88. The minimum Gasteiger partial charge on any atom is -0.297 e. The van der Waals surface area contributed by atoms with Crippen LogP contribution in [-0.2, 0) is 30.0 Å². The molecule has 5 rings (SSSR count). The Morgan fingerprint density at radius 2 is 1.96 bits per heavy atom. The number of rotatable bonds is 4. The molecule has 1 aromatic carbocycles. The molecule has 0 N–H and O–H groups in total. The highest BCUT2D eigenvalue weighted by molar-refractivity contribution is 7.92. The zero-order chi connectivity index (χ0) is 19.5. The van der Waals surface area contributed by atoms with Gasteiger partial charge in [0.15, 0.2) is 9.84 Å². The smallest absolute Gasteiger partial charge is 0.183 e. The molecule has 2 aromatic heterocycles. The summed E-state index contributed by atoms with van der Waals surface area (Å²) in [5.74, 6) is 0.0258. The molecule has 3 aromatic rings. The third kappa shape index (κ3) is 2.70. The molecule has 0 amide bonds. The van der Waals surface area contributed by atoms with Gasteiger partial charge in [-0.2, -0.15) is 10.2 Å². The second-order valence-electron chi connectivity index (χ2n) is 7.74. The third-order valence-electron chi connectivity index (χ3n) is 5.91. The van der Waals surface area contributed by atoms with Crippen LogP contribution in [0.25, 0.3) is 11.1 Å². The van der Waals surface area contributed by atoms with E-state index in [0.717, 1.165) is 41.9 Å². The summed E-state index contributed by atoms with van der Waals surface area (Å²) < 4.78 is 29.9. The molecule has 146 valence electrons. The van der Waals surface area contributed by atoms with Gasteiger partial charge in [-0.25, -0.2) is 8.42 Å². The Kier molecular flexibility index (Phi) is 3.96. The zero-order valence-corrected chi connectivity index (χ0v) is 16.8. The summed E-state index contributed by atoms with van der Waals surface area (Å²) in [6, 6.07) is 5.72. The van der Waals surface area contributed by atoms with Gasteiger partial charge in [-0.3, -0.25) is 14.3 Å². The largest absolute Gasteiger partial charge is 0.297 e. The molecule has 0 bridgehead atoms. The molecule has 0 saturated carbocycles. The van der Waals surface area contributed by atoms with Crippen molar-refractivity contribution in [2.75, 3.05) is 13.1 Å². The van der Waals surface area contributed by atoms with E-state index in [2.05, 4.69) is 22.0 Å². The number of sulfone groups is 1. The number of benzene rings is 1. The quantitative estimate of drug-likeness (QED) is 0.674. The molecule has 0 aliphatic carbocycles. The van der Waals surface area contributed by atoms with Gasteiger partial charge in [-0.15, -0.1) is 0 Å². The van der Waals surface area contributed by atoms with Crippen molar-refractivity contribution in [2.24, 2.45) is 7.05 Å². The molecule has 1 saturated heterocycles. The Labute approximate surface area is 164 Å². The van der Waals surface area contributed by atoms with Crippen molar-refractivity contribution in [3.63, 3.8) is 0 Å². The van der Waals surface area contributed by atoms with Crippen LogP contribution in [0.15, 0.2) is 47.9 Å². The predicted molar refractivity (Wildman–Crippen MR) is 106 cm³/mol. The summed E-state index contributed by atoms with van der Waals surface area (Å²) in [4.78, 5) is 2.75. The van der Waals surface area contributed by atoms with Crippen LogP contribution in [0, 0.1) is 0 Å². The van der Waals surface area contributed by atoms with Crippen LogP contribution >= 0.6 is 0 Å². The van der Waals surface area contributed by atoms with Crippen LogP contribution in [0.1, 0.15) is 24.0 Å². The Morgan fingerprint density at radius 3 is 2.68 bits per heavy atom. The van der Waals surface area contributed by atoms with E-state index in [9.17, 15) is 8.42 Å². The van der Waals surface area contributed by atoms with E-state index in [0.29, 0.717) is 11.4 Å². The van der Waals surface area contributed by atoms with Gasteiger partial charge < -0.3 is 0 Å². The Bertz CT molecular complexity index is 1150. The van der Waals surface area contributed by atoms with E-state index in [1.807, 2.05) is 48.6 Å². The van der Waals surface area contributed by atoms with Crippen molar-refractivity contribution in [2.45, 2.75) is 36.1 Å². The van der Waals surface area contributed by atoms with E-state index in [4.69, 9.17) is 0 Å². The molecule has 2 atom stereocenters. The topological polar surface area (TPSA) is 73.0 Å². The summed E-state index contributed by atoms with van der Waals surface area (Å²) >= 11 is 0. The van der Waals surface area contributed by atoms with Crippen LogP contribution in [0.4, 0.5) is 0 Å². The van der Waals surface area contributed by atoms with Gasteiger partial charge in [-0.05, 0) is 30.2 Å². The maximum atomic E-state index is 13.1. The van der Waals surface area contributed by atoms with E-state index >= 15 is 0 Å². The van der Waals surface area contributed by atoms with Crippen LogP contribution in [0.2, 0.25) is 0 Å². The number of likely N-dealkylation sites (tertiary alicyclic amines) is 1. The molecule has 1 fully saturated rings. The third-order valence-corrected chi connectivity index (χ3v) is 8.17. The molecule has 28 heavy (non-hydrogen) atoms. The van der Waals surface area contributed by atoms with Gasteiger partial charge in [0.25, 0.3) is 0 Å². The van der Waals surface area contributed by atoms with Crippen LogP contribution in [0.5, 0.6) is 0 Å². The molecular formula is C20H23N5O2S. The zero-order valence-electron chi connectivity index (χ0n) is 16.0. The van der Waals surface area contributed by atoms with Gasteiger partial charge >= 0.3 is 0 Å². The molecular weight excluding hydrogens is 374 g/mol. The summed E-state index contributed by atoms with van der Waals surface area (Å²) in [6.45, 7) is 4.95. The standard InChI is InChI=1S/C20H23N5O2S/c1-3-25-10-14(7-22-25)9-24-12-18-17-6-15(16-8-21-23(2)11-16)4-5-19(17)28(26,27)20(18)13-24/h4-8,10-11,18,20H,3,9,12-13H2,1-2H3/t18-,20+/m1/s1. The minimum atomic E-state index is -3.28. The Hall–Kier alpha value is -2.45. The van der Waals surface area contributed by atoms with Crippen LogP contribution in [-0.4, -0.2) is 51.2 Å². The van der Waals surface area contributed by atoms with Crippen molar-refractivity contribution in [1.29, 1.82) is 0 Å². The van der Waals surface area contributed by atoms with Gasteiger partial charge in [0.05, 0.1) is 22.5 Å². The first-order valence-corrected chi connectivity index (χ1v) is 11.1. The lowest BCUT2D eigenvalue weighted by molar-refractivity contribution is 0.325.